The standard InChI is InChI=1S/C30H24N2/c31-28-19-9-8-17-27(28)30-26(18-10-20-29(30)32)25-16-7-6-15-24(25)23-14-5-4-13-22(23)21-11-2-1-3-12-21/h1-20H,31-32H2. The van der Waals surface area contributed by atoms with E-state index < -0.39 is 0 Å². The quantitative estimate of drug-likeness (QED) is 0.300. The van der Waals surface area contributed by atoms with Crippen molar-refractivity contribution in [2.75, 3.05) is 11.5 Å². The van der Waals surface area contributed by atoms with Gasteiger partial charge < -0.3 is 11.5 Å². The van der Waals surface area contributed by atoms with Gasteiger partial charge in [-0.3, -0.25) is 0 Å². The van der Waals surface area contributed by atoms with Gasteiger partial charge in [0.05, 0.1) is 0 Å². The first-order chi connectivity index (χ1) is 15.7. The Balaban J connectivity index is 1.77. The first-order valence-electron chi connectivity index (χ1n) is 10.7. The summed E-state index contributed by atoms with van der Waals surface area (Å²) in [4.78, 5) is 0. The lowest BCUT2D eigenvalue weighted by molar-refractivity contribution is 1.55. The van der Waals surface area contributed by atoms with Crippen LogP contribution >= 0.6 is 0 Å². The van der Waals surface area contributed by atoms with Crippen LogP contribution < -0.4 is 11.5 Å². The van der Waals surface area contributed by atoms with Crippen molar-refractivity contribution in [2.24, 2.45) is 0 Å². The molecule has 0 saturated heterocycles. The fourth-order valence-corrected chi connectivity index (χ4v) is 4.36. The summed E-state index contributed by atoms with van der Waals surface area (Å²) in [6.45, 7) is 0. The second-order valence-corrected chi connectivity index (χ2v) is 7.81. The first kappa shape index (κ1) is 19.7. The van der Waals surface area contributed by atoms with E-state index in [4.69, 9.17) is 11.5 Å². The third-order valence-electron chi connectivity index (χ3n) is 5.85. The monoisotopic (exact) mass is 412 g/mol. The van der Waals surface area contributed by atoms with Crippen molar-refractivity contribution in [1.82, 2.24) is 0 Å². The zero-order valence-corrected chi connectivity index (χ0v) is 17.7. The van der Waals surface area contributed by atoms with Gasteiger partial charge in [0.1, 0.15) is 0 Å². The maximum Gasteiger partial charge on any atom is 0.0400 e. The highest BCUT2D eigenvalue weighted by Gasteiger charge is 2.17. The van der Waals surface area contributed by atoms with E-state index in [1.807, 2.05) is 42.5 Å². The lowest BCUT2D eigenvalue weighted by atomic mass is 9.86. The Morgan fingerprint density at radius 1 is 0.312 bits per heavy atom. The molecule has 154 valence electrons. The van der Waals surface area contributed by atoms with E-state index in [1.165, 1.54) is 16.7 Å². The van der Waals surface area contributed by atoms with Crippen LogP contribution in [0.25, 0.3) is 44.5 Å². The summed E-state index contributed by atoms with van der Waals surface area (Å²) in [6, 6.07) is 41.5. The van der Waals surface area contributed by atoms with Crippen LogP contribution in [0.3, 0.4) is 0 Å². The van der Waals surface area contributed by atoms with Crippen molar-refractivity contribution < 1.29 is 0 Å². The van der Waals surface area contributed by atoms with Gasteiger partial charge in [-0.25, -0.2) is 0 Å². The van der Waals surface area contributed by atoms with Crippen molar-refractivity contribution in [1.29, 1.82) is 0 Å². The van der Waals surface area contributed by atoms with Crippen LogP contribution in [0.15, 0.2) is 121 Å². The van der Waals surface area contributed by atoms with E-state index in [2.05, 4.69) is 78.9 Å². The molecule has 0 fully saturated rings. The molecule has 0 aromatic heterocycles. The summed E-state index contributed by atoms with van der Waals surface area (Å²) in [7, 11) is 0. The van der Waals surface area contributed by atoms with Gasteiger partial charge in [-0.05, 0) is 45.5 Å². The van der Waals surface area contributed by atoms with Crippen LogP contribution in [0, 0.1) is 0 Å². The molecule has 0 aliphatic carbocycles. The third kappa shape index (κ3) is 3.52. The Kier molecular flexibility index (Phi) is 5.19. The number of nitrogen functional groups attached to an aromatic ring is 2. The summed E-state index contributed by atoms with van der Waals surface area (Å²) in [5.41, 5.74) is 23.2. The highest BCUT2D eigenvalue weighted by Crippen LogP contribution is 2.44. The molecule has 0 bridgehead atoms. The Morgan fingerprint density at radius 3 is 1.41 bits per heavy atom. The van der Waals surface area contributed by atoms with Crippen molar-refractivity contribution in [2.45, 2.75) is 0 Å². The average molecular weight is 413 g/mol. The molecule has 2 nitrogen and oxygen atoms in total. The van der Waals surface area contributed by atoms with Gasteiger partial charge in [0.15, 0.2) is 0 Å². The van der Waals surface area contributed by atoms with E-state index >= 15 is 0 Å². The van der Waals surface area contributed by atoms with Crippen LogP contribution in [0.1, 0.15) is 0 Å². The molecule has 0 saturated carbocycles. The second-order valence-electron chi connectivity index (χ2n) is 7.81. The van der Waals surface area contributed by atoms with E-state index in [1.54, 1.807) is 0 Å². The molecular weight excluding hydrogens is 388 g/mol. The van der Waals surface area contributed by atoms with Crippen molar-refractivity contribution >= 4 is 11.4 Å². The van der Waals surface area contributed by atoms with Gasteiger partial charge in [-0.2, -0.15) is 0 Å². The largest absolute Gasteiger partial charge is 0.398 e. The van der Waals surface area contributed by atoms with Gasteiger partial charge in [0.25, 0.3) is 0 Å². The van der Waals surface area contributed by atoms with Crippen LogP contribution in [0.5, 0.6) is 0 Å². The molecule has 0 atom stereocenters. The molecule has 0 heterocycles. The Morgan fingerprint density at radius 2 is 0.750 bits per heavy atom. The molecule has 2 heteroatoms. The maximum absolute atomic E-state index is 6.51. The summed E-state index contributed by atoms with van der Waals surface area (Å²) >= 11 is 0. The highest BCUT2D eigenvalue weighted by molar-refractivity contribution is 6.00. The Hall–Kier alpha value is -4.30. The predicted molar refractivity (Wildman–Crippen MR) is 137 cm³/mol. The number of para-hydroxylation sites is 1. The third-order valence-corrected chi connectivity index (χ3v) is 5.85. The van der Waals surface area contributed by atoms with Crippen LogP contribution in [0.2, 0.25) is 0 Å². The van der Waals surface area contributed by atoms with E-state index in [0.29, 0.717) is 11.4 Å². The van der Waals surface area contributed by atoms with Crippen molar-refractivity contribution in [3.05, 3.63) is 121 Å². The zero-order valence-electron chi connectivity index (χ0n) is 17.7. The normalized spacial score (nSPS) is 10.8. The fraction of sp³-hybridized carbons (Fsp3) is 0. The zero-order chi connectivity index (χ0) is 21.9. The van der Waals surface area contributed by atoms with Gasteiger partial charge >= 0.3 is 0 Å². The number of hydrogen-bond donors (Lipinski definition) is 2. The smallest absolute Gasteiger partial charge is 0.0400 e. The van der Waals surface area contributed by atoms with Crippen LogP contribution in [-0.4, -0.2) is 0 Å². The molecule has 32 heavy (non-hydrogen) atoms. The predicted octanol–water partition coefficient (Wildman–Crippen LogP) is 7.52. The average Bonchev–Trinajstić information content (AvgIpc) is 2.85. The SMILES string of the molecule is Nc1ccccc1-c1c(N)cccc1-c1ccccc1-c1ccccc1-c1ccccc1. The minimum Gasteiger partial charge on any atom is -0.398 e. The summed E-state index contributed by atoms with van der Waals surface area (Å²) in [5, 5.41) is 0. The second kappa shape index (κ2) is 8.44. The van der Waals surface area contributed by atoms with Crippen molar-refractivity contribution in [3.63, 3.8) is 0 Å². The van der Waals surface area contributed by atoms with Gasteiger partial charge in [-0.15, -0.1) is 0 Å². The van der Waals surface area contributed by atoms with E-state index in [-0.39, 0.29) is 0 Å². The number of rotatable bonds is 4. The lowest BCUT2D eigenvalue weighted by Gasteiger charge is -2.19. The molecule has 4 N–H and O–H groups in total. The molecule has 5 aromatic carbocycles. The van der Waals surface area contributed by atoms with Gasteiger partial charge in [-0.1, -0.05) is 109 Å². The number of nitrogens with two attached hydrogens (primary N) is 2. The summed E-state index contributed by atoms with van der Waals surface area (Å²) in [5.74, 6) is 0. The van der Waals surface area contributed by atoms with Gasteiger partial charge in [0, 0.05) is 22.5 Å². The molecule has 0 amide bonds. The topological polar surface area (TPSA) is 52.0 Å². The Bertz CT molecular complexity index is 1390. The number of benzene rings is 5. The molecule has 0 radical (unpaired) electrons. The maximum atomic E-state index is 6.51. The molecule has 0 spiro atoms. The van der Waals surface area contributed by atoms with Crippen LogP contribution in [0.4, 0.5) is 11.4 Å². The minimum absolute atomic E-state index is 0.714. The summed E-state index contributed by atoms with van der Waals surface area (Å²) < 4.78 is 0. The molecule has 5 rings (SSSR count). The fourth-order valence-electron chi connectivity index (χ4n) is 4.36. The molecular formula is C30H24N2. The summed E-state index contributed by atoms with van der Waals surface area (Å²) in [6.07, 6.45) is 0. The highest BCUT2D eigenvalue weighted by atomic mass is 14.6. The minimum atomic E-state index is 0.714. The van der Waals surface area contributed by atoms with E-state index in [9.17, 15) is 0 Å². The van der Waals surface area contributed by atoms with Crippen molar-refractivity contribution in [3.8, 4) is 44.5 Å². The molecule has 0 aliphatic rings. The van der Waals surface area contributed by atoms with E-state index in [0.717, 1.165) is 27.8 Å². The molecule has 0 unspecified atom stereocenters. The number of anilines is 2. The first-order valence-corrected chi connectivity index (χ1v) is 10.7. The van der Waals surface area contributed by atoms with Gasteiger partial charge in [0.2, 0.25) is 0 Å². The molecule has 5 aromatic rings. The lowest BCUT2D eigenvalue weighted by Crippen LogP contribution is -1.98. The molecule has 0 aliphatic heterocycles. The van der Waals surface area contributed by atoms with Crippen LogP contribution in [-0.2, 0) is 0 Å². The number of hydrogen-bond acceptors (Lipinski definition) is 2. The Labute approximate surface area is 188 Å².